The third-order valence-electron chi connectivity index (χ3n) is 4.33. The van der Waals surface area contributed by atoms with E-state index in [1.807, 2.05) is 67.2 Å². The first-order chi connectivity index (χ1) is 14.0. The first-order valence-electron chi connectivity index (χ1n) is 9.63. The van der Waals surface area contributed by atoms with Crippen LogP contribution in [0, 0.1) is 5.92 Å². The van der Waals surface area contributed by atoms with Gasteiger partial charge in [0.1, 0.15) is 11.4 Å². The van der Waals surface area contributed by atoms with Gasteiger partial charge in [-0.1, -0.05) is 44.2 Å². The Morgan fingerprint density at radius 1 is 1.17 bits per heavy atom. The van der Waals surface area contributed by atoms with E-state index in [1.165, 1.54) is 0 Å². The minimum Gasteiger partial charge on any atom is -0.497 e. The number of carbonyl (C=O) groups is 1. The summed E-state index contributed by atoms with van der Waals surface area (Å²) >= 11 is 0. The van der Waals surface area contributed by atoms with Crippen LogP contribution in [0.15, 0.2) is 65.9 Å². The minimum absolute atomic E-state index is 0.0982. The number of benzene rings is 2. The van der Waals surface area contributed by atoms with Crippen molar-refractivity contribution in [2.75, 3.05) is 7.11 Å². The number of ether oxygens (including phenoxy) is 1. The summed E-state index contributed by atoms with van der Waals surface area (Å²) in [6.07, 6.45) is 4.02. The van der Waals surface area contributed by atoms with Gasteiger partial charge in [0.25, 0.3) is 0 Å². The molecule has 0 atom stereocenters. The molecule has 0 aliphatic rings. The summed E-state index contributed by atoms with van der Waals surface area (Å²) in [5.41, 5.74) is 6.33. The van der Waals surface area contributed by atoms with Gasteiger partial charge in [0.05, 0.1) is 19.9 Å². The largest absolute Gasteiger partial charge is 0.497 e. The summed E-state index contributed by atoms with van der Waals surface area (Å²) in [4.78, 5) is 11.9. The predicted octanol–water partition coefficient (Wildman–Crippen LogP) is 4.10. The Morgan fingerprint density at radius 3 is 2.55 bits per heavy atom. The number of carbonyl (C=O) groups excluding carboxylic acids is 1. The number of hydrogen-bond acceptors (Lipinski definition) is 4. The molecule has 2 aromatic carbocycles. The number of nitrogens with zero attached hydrogens (tertiary/aromatic N) is 3. The van der Waals surface area contributed by atoms with Crippen LogP contribution in [0.5, 0.6) is 5.75 Å². The summed E-state index contributed by atoms with van der Waals surface area (Å²) in [5, 5.41) is 8.88. The van der Waals surface area contributed by atoms with Crippen LogP contribution in [0.4, 0.5) is 0 Å². The predicted molar refractivity (Wildman–Crippen MR) is 115 cm³/mol. The lowest BCUT2D eigenvalue weighted by atomic mass is 10.1. The molecule has 0 aliphatic heterocycles. The Labute approximate surface area is 171 Å². The van der Waals surface area contributed by atoms with Crippen molar-refractivity contribution in [3.05, 3.63) is 71.9 Å². The number of methoxy groups -OCH3 is 1. The Bertz CT molecular complexity index is 960. The fourth-order valence-corrected chi connectivity index (χ4v) is 2.95. The molecular weight excluding hydrogens is 364 g/mol. The highest BCUT2D eigenvalue weighted by atomic mass is 16.5. The molecule has 1 aromatic heterocycles. The standard InChI is InChI=1S/C23H26N4O2/c1-17(2)13-22(28)25-24-14-20-16-27(15-18-7-5-4-6-8-18)26-23(20)19-9-11-21(29-3)12-10-19/h4-12,14,16-17H,13,15H2,1-3H3,(H,25,28)/b24-14-. The molecule has 3 rings (SSSR count). The smallest absolute Gasteiger partial charge is 0.240 e. The van der Waals surface area contributed by atoms with E-state index in [-0.39, 0.29) is 11.8 Å². The van der Waals surface area contributed by atoms with Gasteiger partial charge in [0.2, 0.25) is 5.91 Å². The first-order valence-corrected chi connectivity index (χ1v) is 9.63. The second kappa shape index (κ2) is 9.68. The highest BCUT2D eigenvalue weighted by Gasteiger charge is 2.11. The minimum atomic E-state index is -0.0982. The van der Waals surface area contributed by atoms with Gasteiger partial charge in [-0.05, 0) is 35.7 Å². The highest BCUT2D eigenvalue weighted by molar-refractivity contribution is 5.89. The van der Waals surface area contributed by atoms with Gasteiger partial charge < -0.3 is 4.74 Å². The zero-order valence-electron chi connectivity index (χ0n) is 17.0. The second-order valence-electron chi connectivity index (χ2n) is 7.24. The molecule has 6 heteroatoms. The van der Waals surface area contributed by atoms with Crippen molar-refractivity contribution >= 4 is 12.1 Å². The molecule has 3 aromatic rings. The molecule has 1 amide bonds. The first kappa shape index (κ1) is 20.3. The van der Waals surface area contributed by atoms with Crippen molar-refractivity contribution in [2.45, 2.75) is 26.8 Å². The van der Waals surface area contributed by atoms with E-state index < -0.39 is 0 Å². The van der Waals surface area contributed by atoms with E-state index in [9.17, 15) is 4.79 Å². The maximum atomic E-state index is 11.9. The molecule has 1 N–H and O–H groups in total. The third-order valence-corrected chi connectivity index (χ3v) is 4.33. The van der Waals surface area contributed by atoms with Crippen LogP contribution < -0.4 is 10.2 Å². The van der Waals surface area contributed by atoms with Crippen molar-refractivity contribution in [1.29, 1.82) is 0 Å². The molecule has 0 unspecified atom stereocenters. The third kappa shape index (κ3) is 5.78. The quantitative estimate of drug-likeness (QED) is 0.465. The molecule has 0 spiro atoms. The number of hydrogen-bond donors (Lipinski definition) is 1. The Kier molecular flexibility index (Phi) is 6.79. The Hall–Kier alpha value is -3.41. The van der Waals surface area contributed by atoms with Crippen LogP contribution in [0.2, 0.25) is 0 Å². The average Bonchev–Trinajstić information content (AvgIpc) is 3.10. The van der Waals surface area contributed by atoms with Gasteiger partial charge in [-0.15, -0.1) is 0 Å². The van der Waals surface area contributed by atoms with Gasteiger partial charge in [-0.25, -0.2) is 5.43 Å². The van der Waals surface area contributed by atoms with Gasteiger partial charge >= 0.3 is 0 Å². The van der Waals surface area contributed by atoms with Crippen molar-refractivity contribution in [3.8, 4) is 17.0 Å². The zero-order valence-corrected chi connectivity index (χ0v) is 17.0. The average molecular weight is 390 g/mol. The molecule has 150 valence electrons. The van der Waals surface area contributed by atoms with Crippen molar-refractivity contribution in [2.24, 2.45) is 11.0 Å². The SMILES string of the molecule is COc1ccc(-c2nn(Cc3ccccc3)cc2/C=N\NC(=O)CC(C)C)cc1. The summed E-state index contributed by atoms with van der Waals surface area (Å²) in [6, 6.07) is 17.9. The number of rotatable bonds is 8. The van der Waals surface area contributed by atoms with Crippen LogP contribution >= 0.6 is 0 Å². The molecule has 0 fully saturated rings. The van der Waals surface area contributed by atoms with Crippen LogP contribution in [0.3, 0.4) is 0 Å². The van der Waals surface area contributed by atoms with Gasteiger partial charge in [0.15, 0.2) is 0 Å². The number of aromatic nitrogens is 2. The zero-order chi connectivity index (χ0) is 20.6. The summed E-state index contributed by atoms with van der Waals surface area (Å²) in [5.74, 6) is 0.973. The van der Waals surface area contributed by atoms with Gasteiger partial charge in [0, 0.05) is 23.7 Å². The highest BCUT2D eigenvalue weighted by Crippen LogP contribution is 2.24. The van der Waals surface area contributed by atoms with Crippen molar-refractivity contribution in [1.82, 2.24) is 15.2 Å². The summed E-state index contributed by atoms with van der Waals surface area (Å²) in [6.45, 7) is 4.65. The Balaban J connectivity index is 1.86. The Morgan fingerprint density at radius 2 is 1.90 bits per heavy atom. The molecule has 0 saturated carbocycles. The molecule has 0 radical (unpaired) electrons. The fourth-order valence-electron chi connectivity index (χ4n) is 2.95. The van der Waals surface area contributed by atoms with E-state index in [1.54, 1.807) is 13.3 Å². The lowest BCUT2D eigenvalue weighted by Crippen LogP contribution is -2.19. The van der Waals surface area contributed by atoms with Crippen LogP contribution in [-0.2, 0) is 11.3 Å². The van der Waals surface area contributed by atoms with Crippen molar-refractivity contribution in [3.63, 3.8) is 0 Å². The van der Waals surface area contributed by atoms with Crippen LogP contribution in [-0.4, -0.2) is 29.0 Å². The van der Waals surface area contributed by atoms with Crippen LogP contribution in [0.25, 0.3) is 11.3 Å². The molecule has 29 heavy (non-hydrogen) atoms. The molecule has 0 saturated heterocycles. The van der Waals surface area contributed by atoms with Gasteiger partial charge in [-0.3, -0.25) is 9.48 Å². The molecule has 0 aliphatic carbocycles. The van der Waals surface area contributed by atoms with Crippen molar-refractivity contribution < 1.29 is 9.53 Å². The van der Waals surface area contributed by atoms with Gasteiger partial charge in [-0.2, -0.15) is 10.2 Å². The molecule has 0 bridgehead atoms. The van der Waals surface area contributed by atoms with E-state index in [0.717, 1.165) is 28.1 Å². The van der Waals surface area contributed by atoms with Crippen LogP contribution in [0.1, 0.15) is 31.4 Å². The summed E-state index contributed by atoms with van der Waals surface area (Å²) in [7, 11) is 1.64. The van der Waals surface area contributed by atoms with E-state index >= 15 is 0 Å². The lowest BCUT2D eigenvalue weighted by molar-refractivity contribution is -0.121. The van der Waals surface area contributed by atoms with E-state index in [4.69, 9.17) is 9.84 Å². The maximum absolute atomic E-state index is 11.9. The molecular formula is C23H26N4O2. The topological polar surface area (TPSA) is 68.5 Å². The van der Waals surface area contributed by atoms with E-state index in [0.29, 0.717) is 13.0 Å². The summed E-state index contributed by atoms with van der Waals surface area (Å²) < 4.78 is 7.12. The second-order valence-corrected chi connectivity index (χ2v) is 7.24. The number of hydrazone groups is 1. The molecule has 1 heterocycles. The van der Waals surface area contributed by atoms with E-state index in [2.05, 4.69) is 22.7 Å². The fraction of sp³-hybridized carbons (Fsp3) is 0.261. The number of nitrogens with one attached hydrogen (secondary N) is 1. The maximum Gasteiger partial charge on any atom is 0.240 e. The lowest BCUT2D eigenvalue weighted by Gasteiger charge is -2.03. The monoisotopic (exact) mass is 390 g/mol. The molecule has 6 nitrogen and oxygen atoms in total. The number of amides is 1. The normalized spacial score (nSPS) is 11.2.